The van der Waals surface area contributed by atoms with E-state index in [0.29, 0.717) is 13.2 Å². The third-order valence-electron chi connectivity index (χ3n) is 3.28. The van der Waals surface area contributed by atoms with Gasteiger partial charge in [-0.05, 0) is 18.7 Å². The van der Waals surface area contributed by atoms with E-state index in [-0.39, 0.29) is 22.4 Å². The summed E-state index contributed by atoms with van der Waals surface area (Å²) in [4.78, 5) is 13.5. The highest BCUT2D eigenvalue weighted by molar-refractivity contribution is 6.33. The van der Waals surface area contributed by atoms with Gasteiger partial charge < -0.3 is 14.6 Å². The van der Waals surface area contributed by atoms with Crippen molar-refractivity contribution in [2.24, 2.45) is 0 Å². The number of hydrogen-bond donors (Lipinski definition) is 1. The van der Waals surface area contributed by atoms with Crippen LogP contribution in [0, 0.1) is 0 Å². The van der Waals surface area contributed by atoms with Crippen molar-refractivity contribution in [1.82, 2.24) is 4.90 Å². The zero-order valence-electron chi connectivity index (χ0n) is 11.3. The minimum absolute atomic E-state index is 0.00248. The lowest BCUT2D eigenvalue weighted by Gasteiger charge is -2.31. The number of carboxylic acid groups (broad SMARTS) is 1. The van der Waals surface area contributed by atoms with E-state index < -0.39 is 5.97 Å². The molecule has 110 valence electrons. The molecule has 1 unspecified atom stereocenters. The molecule has 0 spiro atoms. The van der Waals surface area contributed by atoms with Crippen LogP contribution in [0.1, 0.15) is 17.3 Å². The molecule has 1 heterocycles. The number of halogens is 1. The second-order valence-corrected chi connectivity index (χ2v) is 5.02. The van der Waals surface area contributed by atoms with Crippen LogP contribution >= 0.6 is 11.6 Å². The maximum atomic E-state index is 11.2. The highest BCUT2D eigenvalue weighted by atomic mass is 35.5. The van der Waals surface area contributed by atoms with Crippen molar-refractivity contribution in [3.05, 3.63) is 28.8 Å². The largest absolute Gasteiger partial charge is 0.490 e. The summed E-state index contributed by atoms with van der Waals surface area (Å²) >= 11 is 5.89. The summed E-state index contributed by atoms with van der Waals surface area (Å²) in [5.74, 6) is -0.812. The Bertz CT molecular complexity index is 480. The number of aromatic carboxylic acids is 1. The van der Waals surface area contributed by atoms with Crippen molar-refractivity contribution in [3.63, 3.8) is 0 Å². The predicted octanol–water partition coefficient (Wildman–Crippen LogP) is 2.14. The molecule has 20 heavy (non-hydrogen) atoms. The summed E-state index contributed by atoms with van der Waals surface area (Å²) in [7, 11) is 0. The molecule has 1 aliphatic heterocycles. The quantitative estimate of drug-likeness (QED) is 0.902. The molecule has 0 bridgehead atoms. The van der Waals surface area contributed by atoms with Gasteiger partial charge >= 0.3 is 5.97 Å². The number of hydrogen-bond acceptors (Lipinski definition) is 4. The smallest absolute Gasteiger partial charge is 0.341 e. The van der Waals surface area contributed by atoms with Gasteiger partial charge in [0.2, 0.25) is 0 Å². The van der Waals surface area contributed by atoms with Crippen molar-refractivity contribution in [2.75, 3.05) is 32.8 Å². The predicted molar refractivity (Wildman–Crippen MR) is 75.8 cm³/mol. The third-order valence-corrected chi connectivity index (χ3v) is 3.60. The average Bonchev–Trinajstić information content (AvgIpc) is 2.45. The molecule has 0 aromatic heterocycles. The first-order chi connectivity index (χ1) is 9.61. The fourth-order valence-electron chi connectivity index (χ4n) is 2.18. The maximum absolute atomic E-state index is 11.2. The Morgan fingerprint density at radius 3 is 3.10 bits per heavy atom. The molecule has 0 amide bonds. The van der Waals surface area contributed by atoms with Gasteiger partial charge in [0.15, 0.2) is 0 Å². The number of carboxylic acids is 1. The molecular formula is C14H18ClNO4. The van der Waals surface area contributed by atoms with Crippen LogP contribution in [0.15, 0.2) is 18.2 Å². The molecular weight excluding hydrogens is 282 g/mol. The number of rotatable bonds is 5. The Morgan fingerprint density at radius 1 is 1.60 bits per heavy atom. The fraction of sp³-hybridized carbons (Fsp3) is 0.500. The van der Waals surface area contributed by atoms with Gasteiger partial charge in [0, 0.05) is 13.1 Å². The number of likely N-dealkylation sites (N-methyl/N-ethyl adjacent to an activating group) is 1. The molecule has 2 rings (SSSR count). The highest BCUT2D eigenvalue weighted by Crippen LogP contribution is 2.26. The zero-order chi connectivity index (χ0) is 14.5. The van der Waals surface area contributed by atoms with E-state index in [9.17, 15) is 4.79 Å². The lowest BCUT2D eigenvalue weighted by atomic mass is 10.2. The molecule has 0 aliphatic carbocycles. The summed E-state index contributed by atoms with van der Waals surface area (Å²) < 4.78 is 11.2. The number of ether oxygens (including phenoxy) is 2. The van der Waals surface area contributed by atoms with Gasteiger partial charge in [0.25, 0.3) is 0 Å². The van der Waals surface area contributed by atoms with E-state index in [1.807, 2.05) is 0 Å². The van der Waals surface area contributed by atoms with E-state index in [4.69, 9.17) is 26.2 Å². The van der Waals surface area contributed by atoms with Crippen LogP contribution in [-0.2, 0) is 4.74 Å². The van der Waals surface area contributed by atoms with Gasteiger partial charge in [-0.2, -0.15) is 0 Å². The van der Waals surface area contributed by atoms with Crippen LogP contribution < -0.4 is 4.74 Å². The van der Waals surface area contributed by atoms with Gasteiger partial charge in [-0.3, -0.25) is 4.90 Å². The molecule has 0 radical (unpaired) electrons. The van der Waals surface area contributed by atoms with Gasteiger partial charge in [0.1, 0.15) is 24.0 Å². The van der Waals surface area contributed by atoms with E-state index >= 15 is 0 Å². The van der Waals surface area contributed by atoms with Crippen molar-refractivity contribution >= 4 is 17.6 Å². The number of benzene rings is 1. The molecule has 1 fully saturated rings. The van der Waals surface area contributed by atoms with Crippen molar-refractivity contribution in [1.29, 1.82) is 0 Å². The number of nitrogens with zero attached hydrogens (tertiary/aromatic N) is 1. The maximum Gasteiger partial charge on any atom is 0.341 e. The van der Waals surface area contributed by atoms with Crippen LogP contribution in [0.5, 0.6) is 5.75 Å². The molecule has 1 N–H and O–H groups in total. The monoisotopic (exact) mass is 299 g/mol. The Hall–Kier alpha value is -1.30. The summed E-state index contributed by atoms with van der Waals surface area (Å²) in [6.45, 7) is 5.77. The van der Waals surface area contributed by atoms with Crippen LogP contribution in [0.4, 0.5) is 0 Å². The third kappa shape index (κ3) is 3.62. The Morgan fingerprint density at radius 2 is 2.40 bits per heavy atom. The topological polar surface area (TPSA) is 59.0 Å². The van der Waals surface area contributed by atoms with E-state index in [0.717, 1.165) is 19.6 Å². The fourth-order valence-corrected chi connectivity index (χ4v) is 2.43. The standard InChI is InChI=1S/C14H18ClNO4/c1-2-16-6-7-19-10(8-16)9-20-12-5-3-4-11(15)13(12)14(17)18/h3-5,10H,2,6-9H2,1H3,(H,17,18). The molecule has 1 saturated heterocycles. The van der Waals surface area contributed by atoms with Crippen LogP contribution in [0.3, 0.4) is 0 Å². The summed E-state index contributed by atoms with van der Waals surface area (Å²) in [6.07, 6.45) is -0.0515. The molecule has 1 aromatic rings. The SMILES string of the molecule is CCN1CCOC(COc2cccc(Cl)c2C(=O)O)C1. The van der Waals surface area contributed by atoms with Crippen LogP contribution in [0.2, 0.25) is 5.02 Å². The molecule has 1 aromatic carbocycles. The Labute approximate surface area is 123 Å². The van der Waals surface area contributed by atoms with Gasteiger partial charge in [-0.15, -0.1) is 0 Å². The molecule has 6 heteroatoms. The van der Waals surface area contributed by atoms with Crippen LogP contribution in [-0.4, -0.2) is 54.9 Å². The Kier molecular flexibility index (Phi) is 5.23. The van der Waals surface area contributed by atoms with E-state index in [1.165, 1.54) is 6.07 Å². The Balaban J connectivity index is 2.00. The van der Waals surface area contributed by atoms with E-state index in [2.05, 4.69) is 11.8 Å². The van der Waals surface area contributed by atoms with E-state index in [1.54, 1.807) is 12.1 Å². The first-order valence-corrected chi connectivity index (χ1v) is 6.98. The van der Waals surface area contributed by atoms with Gasteiger partial charge in [-0.25, -0.2) is 4.79 Å². The summed E-state index contributed by atoms with van der Waals surface area (Å²) in [6, 6.07) is 4.81. The van der Waals surface area contributed by atoms with Crippen molar-refractivity contribution in [3.8, 4) is 5.75 Å². The highest BCUT2D eigenvalue weighted by Gasteiger charge is 2.21. The lowest BCUT2D eigenvalue weighted by Crippen LogP contribution is -2.44. The summed E-state index contributed by atoms with van der Waals surface area (Å²) in [5, 5.41) is 9.34. The first kappa shape index (κ1) is 15.1. The molecule has 1 atom stereocenters. The molecule has 5 nitrogen and oxygen atoms in total. The average molecular weight is 300 g/mol. The minimum atomic E-state index is -1.09. The van der Waals surface area contributed by atoms with Crippen LogP contribution in [0.25, 0.3) is 0 Å². The van der Waals surface area contributed by atoms with Crippen molar-refractivity contribution < 1.29 is 19.4 Å². The number of morpholine rings is 1. The van der Waals surface area contributed by atoms with Gasteiger partial charge in [-0.1, -0.05) is 24.6 Å². The number of carbonyl (C=O) groups is 1. The lowest BCUT2D eigenvalue weighted by molar-refractivity contribution is -0.0465. The first-order valence-electron chi connectivity index (χ1n) is 6.60. The minimum Gasteiger partial charge on any atom is -0.490 e. The molecule has 1 aliphatic rings. The molecule has 0 saturated carbocycles. The van der Waals surface area contributed by atoms with Crippen molar-refractivity contribution in [2.45, 2.75) is 13.0 Å². The second kappa shape index (κ2) is 6.92. The van der Waals surface area contributed by atoms with Gasteiger partial charge in [0.05, 0.1) is 11.6 Å². The summed E-state index contributed by atoms with van der Waals surface area (Å²) in [5.41, 5.74) is -0.00248. The second-order valence-electron chi connectivity index (χ2n) is 4.62. The normalized spacial score (nSPS) is 19.8. The zero-order valence-corrected chi connectivity index (χ0v) is 12.1.